The van der Waals surface area contributed by atoms with Crippen molar-refractivity contribution in [3.8, 4) is 0 Å². The molecule has 0 aromatic heterocycles. The lowest BCUT2D eigenvalue weighted by Crippen LogP contribution is -2.58. The Labute approximate surface area is 205 Å². The van der Waals surface area contributed by atoms with Gasteiger partial charge in [-0.1, -0.05) is 18.9 Å². The predicted octanol–water partition coefficient (Wildman–Crippen LogP) is 2.04. The van der Waals surface area contributed by atoms with E-state index in [-0.39, 0.29) is 29.5 Å². The number of nitrogens with one attached hydrogen (secondary N) is 1. The van der Waals surface area contributed by atoms with E-state index in [0.717, 1.165) is 45.1 Å². The summed E-state index contributed by atoms with van der Waals surface area (Å²) in [5.74, 6) is 0.349. The van der Waals surface area contributed by atoms with Gasteiger partial charge in [-0.25, -0.2) is 0 Å². The van der Waals surface area contributed by atoms with Crippen LogP contribution >= 0.6 is 0 Å². The molecule has 4 rings (SSSR count). The van der Waals surface area contributed by atoms with Crippen molar-refractivity contribution in [1.29, 1.82) is 0 Å². The number of nitro groups is 1. The highest BCUT2D eigenvalue weighted by Crippen LogP contribution is 2.31. The normalized spacial score (nSPS) is 20.3. The molecule has 0 bridgehead atoms. The van der Waals surface area contributed by atoms with Crippen LogP contribution in [0.15, 0.2) is 24.3 Å². The number of hydrogen-bond donors (Lipinski definition) is 1. The molecule has 1 aromatic carbocycles. The number of likely N-dealkylation sites (tertiary alicyclic amines) is 1. The molecule has 1 saturated carbocycles. The molecule has 1 atom stereocenters. The predicted molar refractivity (Wildman–Crippen MR) is 130 cm³/mol. The Kier molecular flexibility index (Phi) is 8.33. The summed E-state index contributed by atoms with van der Waals surface area (Å²) in [7, 11) is 0. The second kappa shape index (κ2) is 11.6. The molecule has 2 saturated heterocycles. The van der Waals surface area contributed by atoms with Gasteiger partial charge in [0, 0.05) is 69.9 Å². The molecule has 0 radical (unpaired) electrons. The zero-order valence-corrected chi connectivity index (χ0v) is 20.2. The van der Waals surface area contributed by atoms with Gasteiger partial charge in [0.1, 0.15) is 0 Å². The molecule has 3 aliphatic rings. The Morgan fingerprint density at radius 1 is 1.09 bits per heavy atom. The van der Waals surface area contributed by atoms with Gasteiger partial charge in [0.05, 0.1) is 11.0 Å². The summed E-state index contributed by atoms with van der Waals surface area (Å²) >= 11 is 0. The topological polar surface area (TPSA) is 116 Å². The van der Waals surface area contributed by atoms with Gasteiger partial charge in [-0.2, -0.15) is 0 Å². The number of hydrogen-bond acceptors (Lipinski definition) is 6. The van der Waals surface area contributed by atoms with Crippen molar-refractivity contribution in [2.75, 3.05) is 45.8 Å². The highest BCUT2D eigenvalue weighted by molar-refractivity contribution is 5.95. The second-order valence-electron chi connectivity index (χ2n) is 9.75. The average Bonchev–Trinajstić information content (AvgIpc) is 3.54. The van der Waals surface area contributed by atoms with Crippen molar-refractivity contribution in [3.63, 3.8) is 0 Å². The monoisotopic (exact) mass is 485 g/mol. The van der Waals surface area contributed by atoms with Gasteiger partial charge in [-0.05, 0) is 37.7 Å². The van der Waals surface area contributed by atoms with Crippen LogP contribution in [-0.2, 0) is 9.59 Å². The lowest BCUT2D eigenvalue weighted by Gasteiger charge is -2.40. The van der Waals surface area contributed by atoms with Gasteiger partial charge >= 0.3 is 0 Å². The van der Waals surface area contributed by atoms with E-state index in [9.17, 15) is 24.5 Å². The third kappa shape index (κ3) is 6.17. The van der Waals surface area contributed by atoms with Crippen molar-refractivity contribution in [2.45, 2.75) is 51.0 Å². The molecular weight excluding hydrogens is 450 g/mol. The third-order valence-electron chi connectivity index (χ3n) is 7.49. The fraction of sp³-hybridized carbons (Fsp3) is 0.640. The van der Waals surface area contributed by atoms with Crippen LogP contribution in [0, 0.1) is 16.0 Å². The summed E-state index contributed by atoms with van der Waals surface area (Å²) in [5, 5.41) is 14.2. The van der Waals surface area contributed by atoms with E-state index in [1.807, 2.05) is 4.90 Å². The highest BCUT2D eigenvalue weighted by Gasteiger charge is 2.37. The Balaban J connectivity index is 1.31. The first-order chi connectivity index (χ1) is 16.9. The summed E-state index contributed by atoms with van der Waals surface area (Å²) < 4.78 is 0. The zero-order chi connectivity index (χ0) is 24.8. The van der Waals surface area contributed by atoms with E-state index in [4.69, 9.17) is 0 Å². The minimum absolute atomic E-state index is 0.0445. The quantitative estimate of drug-likeness (QED) is 0.325. The first-order valence-corrected chi connectivity index (χ1v) is 12.8. The van der Waals surface area contributed by atoms with Crippen LogP contribution in [0.25, 0.3) is 0 Å². The van der Waals surface area contributed by atoms with Gasteiger partial charge in [-0.3, -0.25) is 29.4 Å². The van der Waals surface area contributed by atoms with Gasteiger partial charge in [0.2, 0.25) is 11.8 Å². The number of carbonyl (C=O) groups is 3. The Morgan fingerprint density at radius 2 is 1.83 bits per heavy atom. The molecule has 0 spiro atoms. The van der Waals surface area contributed by atoms with E-state index >= 15 is 0 Å². The van der Waals surface area contributed by atoms with Gasteiger partial charge in [0.15, 0.2) is 0 Å². The molecule has 2 heterocycles. The molecule has 1 aromatic rings. The molecule has 1 unspecified atom stereocenters. The smallest absolute Gasteiger partial charge is 0.270 e. The van der Waals surface area contributed by atoms with Crippen molar-refractivity contribution >= 4 is 23.4 Å². The number of benzene rings is 1. The minimum atomic E-state index is -0.497. The number of nitro benzene ring substituents is 1. The number of carbonyl (C=O) groups excluding carboxylic acids is 3. The largest absolute Gasteiger partial charge is 0.355 e. The molecule has 35 heavy (non-hydrogen) atoms. The summed E-state index contributed by atoms with van der Waals surface area (Å²) in [6.07, 6.45) is 6.64. The molecule has 3 amide bonds. The van der Waals surface area contributed by atoms with E-state index in [1.54, 1.807) is 11.0 Å². The molecule has 10 nitrogen and oxygen atoms in total. The van der Waals surface area contributed by atoms with Crippen molar-refractivity contribution in [2.24, 2.45) is 5.92 Å². The van der Waals surface area contributed by atoms with Crippen molar-refractivity contribution in [3.05, 3.63) is 39.9 Å². The van der Waals surface area contributed by atoms with Crippen LogP contribution in [0.4, 0.5) is 5.69 Å². The van der Waals surface area contributed by atoms with E-state index in [0.29, 0.717) is 57.2 Å². The van der Waals surface area contributed by atoms with Crippen molar-refractivity contribution < 1.29 is 19.3 Å². The van der Waals surface area contributed by atoms with Gasteiger partial charge in [0.25, 0.3) is 11.6 Å². The maximum Gasteiger partial charge on any atom is 0.270 e. The summed E-state index contributed by atoms with van der Waals surface area (Å²) in [4.78, 5) is 54.3. The summed E-state index contributed by atoms with van der Waals surface area (Å²) in [5.41, 5.74) is 0.218. The van der Waals surface area contributed by atoms with Crippen LogP contribution < -0.4 is 5.32 Å². The maximum absolute atomic E-state index is 13.3. The van der Waals surface area contributed by atoms with Gasteiger partial charge in [-0.15, -0.1) is 0 Å². The van der Waals surface area contributed by atoms with Crippen LogP contribution in [-0.4, -0.2) is 89.2 Å². The standard InChI is InChI=1S/C25H35N5O5/c31-22-10-4-12-27(22)13-5-11-26-24(32)23(19-6-1-2-7-19)28-14-16-29(17-15-28)25(33)20-8-3-9-21(18-20)30(34)35/h3,8-9,18-19,23H,1-2,4-7,10-17H2,(H,26,32). The lowest BCUT2D eigenvalue weighted by atomic mass is 9.95. The average molecular weight is 486 g/mol. The van der Waals surface area contributed by atoms with Crippen LogP contribution in [0.5, 0.6) is 0 Å². The number of non-ortho nitro benzene ring substituents is 1. The summed E-state index contributed by atoms with van der Waals surface area (Å²) in [6.45, 7) is 4.21. The second-order valence-corrected chi connectivity index (χ2v) is 9.75. The summed E-state index contributed by atoms with van der Waals surface area (Å²) in [6, 6.07) is 5.62. The Hall–Kier alpha value is -3.01. The van der Waals surface area contributed by atoms with E-state index < -0.39 is 4.92 Å². The third-order valence-corrected chi connectivity index (χ3v) is 7.49. The molecule has 10 heteroatoms. The SMILES string of the molecule is O=C(NCCCN1CCCC1=O)C(C1CCCC1)N1CCN(C(=O)c2cccc([N+](=O)[O-])c2)CC1. The molecule has 3 fully saturated rings. The zero-order valence-electron chi connectivity index (χ0n) is 20.2. The maximum atomic E-state index is 13.3. The van der Waals surface area contributed by atoms with E-state index in [2.05, 4.69) is 10.2 Å². The minimum Gasteiger partial charge on any atom is -0.355 e. The fourth-order valence-electron chi connectivity index (χ4n) is 5.62. The first-order valence-electron chi connectivity index (χ1n) is 12.8. The highest BCUT2D eigenvalue weighted by atomic mass is 16.6. The molecular formula is C25H35N5O5. The number of piperazine rings is 1. The molecule has 2 aliphatic heterocycles. The van der Waals surface area contributed by atoms with Crippen LogP contribution in [0.1, 0.15) is 55.3 Å². The molecule has 190 valence electrons. The number of nitrogens with zero attached hydrogens (tertiary/aromatic N) is 4. The first kappa shape index (κ1) is 25.1. The van der Waals surface area contributed by atoms with E-state index in [1.165, 1.54) is 18.2 Å². The lowest BCUT2D eigenvalue weighted by molar-refractivity contribution is -0.384. The molecule has 1 N–H and O–H groups in total. The Bertz CT molecular complexity index is 940. The van der Waals surface area contributed by atoms with Crippen molar-refractivity contribution in [1.82, 2.24) is 20.0 Å². The van der Waals surface area contributed by atoms with Gasteiger partial charge < -0.3 is 15.1 Å². The van der Waals surface area contributed by atoms with Crippen LogP contribution in [0.3, 0.4) is 0 Å². The molecule has 1 aliphatic carbocycles. The Morgan fingerprint density at radius 3 is 2.49 bits per heavy atom. The fourth-order valence-corrected chi connectivity index (χ4v) is 5.62. The van der Waals surface area contributed by atoms with Crippen LogP contribution in [0.2, 0.25) is 0 Å². The number of amides is 3. The number of rotatable bonds is 9.